The van der Waals surface area contributed by atoms with Crippen LogP contribution in [0.1, 0.15) is 30.9 Å². The standard InChI is InChI=1S/C13H12ClN3/c1-9(2)12-5-11(14)3-4-13(12)17-8-10(6-15)7-16-17/h3-5,7-9H,1-2H3. The third-order valence-corrected chi connectivity index (χ3v) is 2.81. The zero-order chi connectivity index (χ0) is 12.4. The Bertz CT molecular complexity index is 579. The Labute approximate surface area is 105 Å². The first kappa shape index (κ1) is 11.7. The summed E-state index contributed by atoms with van der Waals surface area (Å²) in [7, 11) is 0. The van der Waals surface area contributed by atoms with Gasteiger partial charge in [-0.15, -0.1) is 0 Å². The summed E-state index contributed by atoms with van der Waals surface area (Å²) in [6.07, 6.45) is 3.27. The van der Waals surface area contributed by atoms with Crippen molar-refractivity contribution in [2.24, 2.45) is 0 Å². The summed E-state index contributed by atoms with van der Waals surface area (Å²) < 4.78 is 1.71. The fourth-order valence-electron chi connectivity index (χ4n) is 1.71. The van der Waals surface area contributed by atoms with E-state index in [9.17, 15) is 0 Å². The second-order valence-corrected chi connectivity index (χ2v) is 4.58. The molecule has 1 heterocycles. The highest BCUT2D eigenvalue weighted by molar-refractivity contribution is 6.30. The van der Waals surface area contributed by atoms with Crippen molar-refractivity contribution in [1.29, 1.82) is 5.26 Å². The second-order valence-electron chi connectivity index (χ2n) is 4.14. The van der Waals surface area contributed by atoms with E-state index in [1.165, 1.54) is 0 Å². The molecule has 3 nitrogen and oxygen atoms in total. The minimum atomic E-state index is 0.346. The van der Waals surface area contributed by atoms with E-state index in [0.29, 0.717) is 16.5 Å². The van der Waals surface area contributed by atoms with Crippen LogP contribution in [0.4, 0.5) is 0 Å². The van der Waals surface area contributed by atoms with Crippen molar-refractivity contribution in [3.05, 3.63) is 46.7 Å². The quantitative estimate of drug-likeness (QED) is 0.812. The molecule has 0 unspecified atom stereocenters. The van der Waals surface area contributed by atoms with Gasteiger partial charge in [0.15, 0.2) is 0 Å². The minimum absolute atomic E-state index is 0.346. The van der Waals surface area contributed by atoms with Crippen molar-refractivity contribution >= 4 is 11.6 Å². The number of rotatable bonds is 2. The van der Waals surface area contributed by atoms with Crippen LogP contribution in [0.15, 0.2) is 30.6 Å². The largest absolute Gasteiger partial charge is 0.239 e. The molecule has 4 heteroatoms. The lowest BCUT2D eigenvalue weighted by molar-refractivity contribution is 0.809. The smallest absolute Gasteiger partial charge is 0.102 e. The fraction of sp³-hybridized carbons (Fsp3) is 0.231. The Morgan fingerprint density at radius 2 is 2.18 bits per heavy atom. The van der Waals surface area contributed by atoms with E-state index in [1.807, 2.05) is 18.2 Å². The number of aromatic nitrogens is 2. The van der Waals surface area contributed by atoms with E-state index in [4.69, 9.17) is 16.9 Å². The van der Waals surface area contributed by atoms with Crippen LogP contribution in [0.3, 0.4) is 0 Å². The number of nitriles is 1. The molecule has 0 spiro atoms. The van der Waals surface area contributed by atoms with E-state index in [2.05, 4.69) is 25.0 Å². The lowest BCUT2D eigenvalue weighted by Gasteiger charge is -2.12. The summed E-state index contributed by atoms with van der Waals surface area (Å²) in [6.45, 7) is 4.20. The first-order valence-electron chi connectivity index (χ1n) is 5.36. The molecule has 17 heavy (non-hydrogen) atoms. The van der Waals surface area contributed by atoms with Gasteiger partial charge in [0.2, 0.25) is 0 Å². The number of hydrogen-bond acceptors (Lipinski definition) is 2. The lowest BCUT2D eigenvalue weighted by atomic mass is 10.0. The molecule has 86 valence electrons. The molecule has 0 N–H and O–H groups in total. The van der Waals surface area contributed by atoms with Crippen molar-refractivity contribution in [1.82, 2.24) is 9.78 Å². The molecule has 2 rings (SSSR count). The molecule has 0 atom stereocenters. The zero-order valence-corrected chi connectivity index (χ0v) is 10.4. The number of benzene rings is 1. The molecular formula is C13H12ClN3. The maximum atomic E-state index is 8.80. The number of hydrogen-bond donors (Lipinski definition) is 0. The Morgan fingerprint density at radius 1 is 1.41 bits per heavy atom. The average Bonchev–Trinajstić information content (AvgIpc) is 2.77. The molecule has 1 aromatic heterocycles. The van der Waals surface area contributed by atoms with Gasteiger partial charge in [0.1, 0.15) is 6.07 Å². The second kappa shape index (κ2) is 4.60. The highest BCUT2D eigenvalue weighted by atomic mass is 35.5. The molecule has 0 bridgehead atoms. The molecule has 0 amide bonds. The van der Waals surface area contributed by atoms with Gasteiger partial charge >= 0.3 is 0 Å². The lowest BCUT2D eigenvalue weighted by Crippen LogP contribution is -2.01. The Hall–Kier alpha value is -1.79. The third kappa shape index (κ3) is 2.32. The molecule has 0 saturated heterocycles. The van der Waals surface area contributed by atoms with Gasteiger partial charge in [-0.05, 0) is 29.7 Å². The van der Waals surface area contributed by atoms with Crippen LogP contribution in [0, 0.1) is 11.3 Å². The van der Waals surface area contributed by atoms with Crippen LogP contribution in [0.2, 0.25) is 5.02 Å². The molecule has 0 fully saturated rings. The van der Waals surface area contributed by atoms with Crippen LogP contribution in [-0.2, 0) is 0 Å². The average molecular weight is 246 g/mol. The van der Waals surface area contributed by atoms with Gasteiger partial charge in [0.05, 0.1) is 17.4 Å². The van der Waals surface area contributed by atoms with E-state index in [-0.39, 0.29) is 0 Å². The molecule has 0 aliphatic rings. The molecule has 1 aromatic carbocycles. The SMILES string of the molecule is CC(C)c1cc(Cl)ccc1-n1cc(C#N)cn1. The van der Waals surface area contributed by atoms with E-state index >= 15 is 0 Å². The summed E-state index contributed by atoms with van der Waals surface area (Å²) >= 11 is 6.00. The highest BCUT2D eigenvalue weighted by Gasteiger charge is 2.10. The van der Waals surface area contributed by atoms with E-state index in [0.717, 1.165) is 11.3 Å². The van der Waals surface area contributed by atoms with Crippen LogP contribution in [0.5, 0.6) is 0 Å². The van der Waals surface area contributed by atoms with Gasteiger partial charge in [0.25, 0.3) is 0 Å². The Morgan fingerprint density at radius 3 is 2.76 bits per heavy atom. The summed E-state index contributed by atoms with van der Waals surface area (Å²) in [5, 5.41) is 13.7. The number of nitrogens with zero attached hydrogens (tertiary/aromatic N) is 3. The van der Waals surface area contributed by atoms with Crippen LogP contribution >= 0.6 is 11.6 Å². The fourth-order valence-corrected chi connectivity index (χ4v) is 1.89. The van der Waals surface area contributed by atoms with Crippen LogP contribution in [0.25, 0.3) is 5.69 Å². The van der Waals surface area contributed by atoms with Gasteiger partial charge in [-0.25, -0.2) is 4.68 Å². The van der Waals surface area contributed by atoms with Gasteiger partial charge in [-0.1, -0.05) is 25.4 Å². The monoisotopic (exact) mass is 245 g/mol. The molecule has 0 saturated carbocycles. The zero-order valence-electron chi connectivity index (χ0n) is 9.68. The predicted molar refractivity (Wildman–Crippen MR) is 67.4 cm³/mol. The van der Waals surface area contributed by atoms with Gasteiger partial charge in [-0.2, -0.15) is 10.4 Å². The molecule has 0 aliphatic carbocycles. The van der Waals surface area contributed by atoms with Crippen molar-refractivity contribution in [3.63, 3.8) is 0 Å². The third-order valence-electron chi connectivity index (χ3n) is 2.57. The molecule has 0 radical (unpaired) electrons. The summed E-state index contributed by atoms with van der Waals surface area (Å²) in [5.41, 5.74) is 2.63. The molecule has 2 aromatic rings. The Balaban J connectivity index is 2.55. The maximum Gasteiger partial charge on any atom is 0.102 e. The first-order chi connectivity index (χ1) is 8.11. The summed E-state index contributed by atoms with van der Waals surface area (Å²) in [4.78, 5) is 0. The topological polar surface area (TPSA) is 41.6 Å². The van der Waals surface area contributed by atoms with Crippen molar-refractivity contribution in [2.75, 3.05) is 0 Å². The van der Waals surface area contributed by atoms with Gasteiger partial charge in [0, 0.05) is 11.2 Å². The maximum absolute atomic E-state index is 8.80. The van der Waals surface area contributed by atoms with Crippen molar-refractivity contribution in [3.8, 4) is 11.8 Å². The highest BCUT2D eigenvalue weighted by Crippen LogP contribution is 2.26. The van der Waals surface area contributed by atoms with Crippen LogP contribution in [-0.4, -0.2) is 9.78 Å². The van der Waals surface area contributed by atoms with E-state index in [1.54, 1.807) is 17.1 Å². The molecular weight excluding hydrogens is 234 g/mol. The van der Waals surface area contributed by atoms with Gasteiger partial charge in [-0.3, -0.25) is 0 Å². The predicted octanol–water partition coefficient (Wildman–Crippen LogP) is 3.52. The van der Waals surface area contributed by atoms with Crippen molar-refractivity contribution < 1.29 is 0 Å². The van der Waals surface area contributed by atoms with Gasteiger partial charge < -0.3 is 0 Å². The Kier molecular flexibility index (Phi) is 3.16. The van der Waals surface area contributed by atoms with Crippen LogP contribution < -0.4 is 0 Å². The number of halogens is 1. The van der Waals surface area contributed by atoms with Crippen molar-refractivity contribution in [2.45, 2.75) is 19.8 Å². The molecule has 0 aliphatic heterocycles. The summed E-state index contributed by atoms with van der Waals surface area (Å²) in [6, 6.07) is 7.76. The van der Waals surface area contributed by atoms with E-state index < -0.39 is 0 Å². The first-order valence-corrected chi connectivity index (χ1v) is 5.74. The minimum Gasteiger partial charge on any atom is -0.239 e. The summed E-state index contributed by atoms with van der Waals surface area (Å²) in [5.74, 6) is 0.346. The normalized spacial score (nSPS) is 10.5.